The second kappa shape index (κ2) is 6.95. The molecule has 6 nitrogen and oxygen atoms in total. The Morgan fingerprint density at radius 3 is 2.33 bits per heavy atom. The van der Waals surface area contributed by atoms with Crippen LogP contribution in [0.25, 0.3) is 0 Å². The number of aromatic carboxylic acids is 1. The summed E-state index contributed by atoms with van der Waals surface area (Å²) in [7, 11) is 0. The molecule has 0 radical (unpaired) electrons. The zero-order valence-electron chi connectivity index (χ0n) is 11.1. The Morgan fingerprint density at radius 1 is 1.39 bits per heavy atom. The van der Waals surface area contributed by atoms with Crippen LogP contribution in [0.5, 0.6) is 0 Å². The van der Waals surface area contributed by atoms with E-state index in [9.17, 15) is 9.59 Å². The summed E-state index contributed by atoms with van der Waals surface area (Å²) in [4.78, 5) is 25.5. The molecule has 0 aliphatic rings. The highest BCUT2D eigenvalue weighted by atomic mass is 32.1. The molecule has 0 spiro atoms. The number of carbonyl (C=O) groups is 2. The first-order valence-corrected chi connectivity index (χ1v) is 6.35. The van der Waals surface area contributed by atoms with Crippen molar-refractivity contribution < 1.29 is 19.4 Å². The molecule has 0 bridgehead atoms. The Kier molecular flexibility index (Phi) is 6.32. The van der Waals surface area contributed by atoms with E-state index in [0.29, 0.717) is 0 Å². The predicted octanol–water partition coefficient (Wildman–Crippen LogP) is 3.21. The van der Waals surface area contributed by atoms with Crippen LogP contribution < -0.4 is 5.32 Å². The summed E-state index contributed by atoms with van der Waals surface area (Å²) < 4.78 is 4.98. The summed E-state index contributed by atoms with van der Waals surface area (Å²) in [5.41, 5.74) is -0.701. The molecule has 1 aromatic heterocycles. The number of rotatable bonds is 2. The number of carbonyl (C=O) groups excluding carboxylic acids is 1. The van der Waals surface area contributed by atoms with E-state index < -0.39 is 17.7 Å². The quantitative estimate of drug-likeness (QED) is 0.864. The Morgan fingerprint density at radius 2 is 1.94 bits per heavy atom. The monoisotopic (exact) mass is 274 g/mol. The molecule has 0 atom stereocenters. The maximum atomic E-state index is 11.3. The van der Waals surface area contributed by atoms with Crippen LogP contribution in [0.1, 0.15) is 45.1 Å². The van der Waals surface area contributed by atoms with Gasteiger partial charge in [0.25, 0.3) is 0 Å². The van der Waals surface area contributed by atoms with Gasteiger partial charge in [0.2, 0.25) is 0 Å². The van der Waals surface area contributed by atoms with Gasteiger partial charge >= 0.3 is 12.1 Å². The zero-order chi connectivity index (χ0) is 14.3. The second-order valence-corrected chi connectivity index (χ2v) is 4.83. The molecule has 0 saturated carbocycles. The molecule has 2 N–H and O–H groups in total. The molecule has 102 valence electrons. The maximum absolute atomic E-state index is 11.3. The van der Waals surface area contributed by atoms with Gasteiger partial charge in [-0.3, -0.25) is 5.32 Å². The Balaban J connectivity index is 0.00000137. The van der Waals surface area contributed by atoms with Crippen molar-refractivity contribution in [3.63, 3.8) is 0 Å². The lowest BCUT2D eigenvalue weighted by Gasteiger charge is -2.18. The van der Waals surface area contributed by atoms with Gasteiger partial charge in [-0.15, -0.1) is 11.3 Å². The summed E-state index contributed by atoms with van der Waals surface area (Å²) >= 11 is 1.03. The fourth-order valence-corrected chi connectivity index (χ4v) is 1.49. The maximum Gasteiger partial charge on any atom is 0.413 e. The van der Waals surface area contributed by atoms with Crippen LogP contribution in [0.2, 0.25) is 0 Å². The molecule has 1 heterocycles. The minimum Gasteiger partial charge on any atom is -0.476 e. The highest BCUT2D eigenvalue weighted by Crippen LogP contribution is 2.16. The molecule has 0 saturated heterocycles. The number of hydrogen-bond acceptors (Lipinski definition) is 5. The first-order chi connectivity index (χ1) is 8.28. The van der Waals surface area contributed by atoms with Gasteiger partial charge in [0, 0.05) is 5.38 Å². The zero-order valence-corrected chi connectivity index (χ0v) is 11.9. The third kappa shape index (κ3) is 6.19. The number of ether oxygens (including phenoxy) is 1. The van der Waals surface area contributed by atoms with E-state index in [1.807, 2.05) is 13.8 Å². The minimum atomic E-state index is -1.13. The molecule has 18 heavy (non-hydrogen) atoms. The molecular formula is C11H18N2O4S. The van der Waals surface area contributed by atoms with Crippen molar-refractivity contribution in [3.05, 3.63) is 11.1 Å². The molecule has 1 amide bonds. The van der Waals surface area contributed by atoms with E-state index in [0.717, 1.165) is 11.3 Å². The van der Waals surface area contributed by atoms with Crippen molar-refractivity contribution in [2.75, 3.05) is 5.32 Å². The van der Waals surface area contributed by atoms with Crippen molar-refractivity contribution in [2.24, 2.45) is 0 Å². The van der Waals surface area contributed by atoms with Crippen molar-refractivity contribution in [3.8, 4) is 0 Å². The van der Waals surface area contributed by atoms with E-state index in [4.69, 9.17) is 9.84 Å². The van der Waals surface area contributed by atoms with Gasteiger partial charge in [0.15, 0.2) is 10.8 Å². The van der Waals surface area contributed by atoms with Crippen LogP contribution in [-0.4, -0.2) is 27.8 Å². The third-order valence-corrected chi connectivity index (χ3v) is 2.09. The minimum absolute atomic E-state index is 0.101. The van der Waals surface area contributed by atoms with E-state index in [1.54, 1.807) is 20.8 Å². The molecule has 0 fully saturated rings. The van der Waals surface area contributed by atoms with Crippen LogP contribution in [0.4, 0.5) is 9.93 Å². The van der Waals surface area contributed by atoms with Gasteiger partial charge < -0.3 is 9.84 Å². The molecule has 0 aliphatic heterocycles. The van der Waals surface area contributed by atoms with Crippen molar-refractivity contribution >= 4 is 28.5 Å². The van der Waals surface area contributed by atoms with Crippen molar-refractivity contribution in [2.45, 2.75) is 40.2 Å². The summed E-state index contributed by atoms with van der Waals surface area (Å²) in [6.45, 7) is 9.20. The number of nitrogens with one attached hydrogen (secondary N) is 1. The van der Waals surface area contributed by atoms with Gasteiger partial charge in [-0.1, -0.05) is 13.8 Å². The first kappa shape index (κ1) is 16.4. The molecule has 0 aliphatic carbocycles. The van der Waals surface area contributed by atoms with Crippen LogP contribution in [-0.2, 0) is 4.74 Å². The lowest BCUT2D eigenvalue weighted by atomic mass is 10.2. The van der Waals surface area contributed by atoms with Crippen LogP contribution in [0.15, 0.2) is 5.38 Å². The molecular weight excluding hydrogens is 256 g/mol. The average molecular weight is 274 g/mol. The summed E-state index contributed by atoms with van der Waals surface area (Å²) in [5.74, 6) is -1.13. The number of nitrogens with zero attached hydrogens (tertiary/aromatic N) is 1. The predicted molar refractivity (Wildman–Crippen MR) is 70.3 cm³/mol. The normalized spacial score (nSPS) is 10.1. The fourth-order valence-electron chi connectivity index (χ4n) is 0.820. The highest BCUT2D eigenvalue weighted by Gasteiger charge is 2.17. The number of aromatic nitrogens is 1. The first-order valence-electron chi connectivity index (χ1n) is 5.47. The number of anilines is 1. The largest absolute Gasteiger partial charge is 0.476 e. The topological polar surface area (TPSA) is 88.5 Å². The fraction of sp³-hybridized carbons (Fsp3) is 0.545. The molecule has 1 aromatic rings. The second-order valence-electron chi connectivity index (χ2n) is 3.97. The van der Waals surface area contributed by atoms with Crippen LogP contribution >= 0.6 is 11.3 Å². The van der Waals surface area contributed by atoms with Crippen LogP contribution in [0.3, 0.4) is 0 Å². The summed E-state index contributed by atoms with van der Waals surface area (Å²) in [6.07, 6.45) is -0.654. The van der Waals surface area contributed by atoms with Gasteiger partial charge in [-0.2, -0.15) is 0 Å². The number of carboxylic acids is 1. The summed E-state index contributed by atoms with van der Waals surface area (Å²) in [5, 5.41) is 12.5. The molecule has 7 heteroatoms. The Labute approximate surface area is 110 Å². The number of amides is 1. The van der Waals surface area contributed by atoms with Gasteiger partial charge in [-0.25, -0.2) is 14.6 Å². The highest BCUT2D eigenvalue weighted by molar-refractivity contribution is 7.14. The van der Waals surface area contributed by atoms with Crippen LogP contribution in [0, 0.1) is 0 Å². The van der Waals surface area contributed by atoms with Gasteiger partial charge in [-0.05, 0) is 20.8 Å². The molecule has 1 rings (SSSR count). The summed E-state index contributed by atoms with van der Waals surface area (Å²) in [6, 6.07) is 0. The van der Waals surface area contributed by atoms with Gasteiger partial charge in [0.05, 0.1) is 0 Å². The SMILES string of the molecule is CC.CC(C)(C)OC(=O)Nc1nc(C(=O)O)cs1. The smallest absolute Gasteiger partial charge is 0.413 e. The Hall–Kier alpha value is -1.63. The number of hydrogen-bond donors (Lipinski definition) is 2. The molecule has 0 unspecified atom stereocenters. The van der Waals surface area contributed by atoms with E-state index in [1.165, 1.54) is 5.38 Å². The van der Waals surface area contributed by atoms with Crippen molar-refractivity contribution in [1.82, 2.24) is 4.98 Å². The lowest BCUT2D eigenvalue weighted by molar-refractivity contribution is 0.0632. The Bertz CT molecular complexity index is 409. The van der Waals surface area contributed by atoms with Crippen molar-refractivity contribution in [1.29, 1.82) is 0 Å². The van der Waals surface area contributed by atoms with Gasteiger partial charge in [0.1, 0.15) is 5.60 Å². The number of carboxylic acid groups (broad SMARTS) is 1. The molecule has 0 aromatic carbocycles. The lowest BCUT2D eigenvalue weighted by Crippen LogP contribution is -2.27. The van der Waals surface area contributed by atoms with E-state index in [-0.39, 0.29) is 10.8 Å². The third-order valence-electron chi connectivity index (χ3n) is 1.33. The number of thiazole rings is 1. The van der Waals surface area contributed by atoms with E-state index in [2.05, 4.69) is 10.3 Å². The average Bonchev–Trinajstić information content (AvgIpc) is 2.66. The standard InChI is InChI=1S/C9H12N2O4S.C2H6/c1-9(2,3)15-8(14)11-7-10-5(4-16-7)6(12)13;1-2/h4H,1-3H3,(H,12,13)(H,10,11,14);1-2H3. The van der Waals surface area contributed by atoms with E-state index >= 15 is 0 Å².